The van der Waals surface area contributed by atoms with Crippen molar-refractivity contribution in [1.82, 2.24) is 20.0 Å². The topological polar surface area (TPSA) is 99.5 Å². The van der Waals surface area contributed by atoms with Gasteiger partial charge in [0.1, 0.15) is 6.54 Å². The highest BCUT2D eigenvalue weighted by molar-refractivity contribution is 7.99. The van der Waals surface area contributed by atoms with Gasteiger partial charge in [0.25, 0.3) is 0 Å². The van der Waals surface area contributed by atoms with Gasteiger partial charge in [-0.1, -0.05) is 0 Å². The zero-order valence-corrected chi connectivity index (χ0v) is 12.4. The normalized spacial score (nSPS) is 15.6. The number of nitrogens with zero attached hydrogens (tertiary/aromatic N) is 3. The van der Waals surface area contributed by atoms with E-state index in [0.29, 0.717) is 12.2 Å². The van der Waals surface area contributed by atoms with Gasteiger partial charge < -0.3 is 15.7 Å². The Hall–Kier alpha value is -1.74. The third-order valence-corrected chi connectivity index (χ3v) is 3.95. The zero-order valence-electron chi connectivity index (χ0n) is 11.6. The van der Waals surface area contributed by atoms with Crippen LogP contribution in [-0.2, 0) is 11.3 Å². The number of anilines is 1. The van der Waals surface area contributed by atoms with Crippen molar-refractivity contribution < 1.29 is 14.7 Å². The minimum absolute atomic E-state index is 0.226. The van der Waals surface area contributed by atoms with E-state index in [2.05, 4.69) is 20.6 Å². The Balaban J connectivity index is 1.66. The summed E-state index contributed by atoms with van der Waals surface area (Å²) in [7, 11) is 0. The number of aliphatic carboxylic acids is 1. The predicted octanol–water partition coefficient (Wildman–Crippen LogP) is 0.138. The van der Waals surface area contributed by atoms with Crippen molar-refractivity contribution in [1.29, 1.82) is 0 Å². The molecule has 0 atom stereocenters. The number of carboxylic acids is 1. The van der Waals surface area contributed by atoms with E-state index in [1.54, 1.807) is 0 Å². The van der Waals surface area contributed by atoms with Crippen LogP contribution >= 0.6 is 11.8 Å². The third-order valence-electron chi connectivity index (χ3n) is 3.01. The number of hydrogen-bond donors (Lipinski definition) is 3. The fourth-order valence-corrected chi connectivity index (χ4v) is 2.96. The lowest BCUT2D eigenvalue weighted by Gasteiger charge is -2.25. The van der Waals surface area contributed by atoms with Crippen LogP contribution < -0.4 is 10.6 Å². The summed E-state index contributed by atoms with van der Waals surface area (Å²) in [6.07, 6.45) is 2.90. The number of carbonyl (C=O) groups is 2. The summed E-state index contributed by atoms with van der Waals surface area (Å²) >= 11 is 1.95. The van der Waals surface area contributed by atoms with Crippen molar-refractivity contribution in [3.05, 3.63) is 12.4 Å². The lowest BCUT2D eigenvalue weighted by atomic mass is 10.4. The van der Waals surface area contributed by atoms with Gasteiger partial charge in [-0.25, -0.2) is 4.79 Å². The van der Waals surface area contributed by atoms with E-state index >= 15 is 0 Å². The molecule has 0 radical (unpaired) electrons. The van der Waals surface area contributed by atoms with Gasteiger partial charge in [0.2, 0.25) is 0 Å². The van der Waals surface area contributed by atoms with Crippen LogP contribution in [0.5, 0.6) is 0 Å². The fourth-order valence-electron chi connectivity index (χ4n) is 1.98. The molecule has 0 unspecified atom stereocenters. The van der Waals surface area contributed by atoms with E-state index in [9.17, 15) is 9.59 Å². The minimum atomic E-state index is -0.978. The first-order valence-corrected chi connectivity index (χ1v) is 7.88. The molecule has 2 rings (SSSR count). The average Bonchev–Trinajstić information content (AvgIpc) is 2.86. The first-order chi connectivity index (χ1) is 10.1. The summed E-state index contributed by atoms with van der Waals surface area (Å²) < 4.78 is 1.25. The van der Waals surface area contributed by atoms with Crippen LogP contribution in [0.3, 0.4) is 0 Å². The number of carboxylic acid groups (broad SMARTS) is 1. The quantitative estimate of drug-likeness (QED) is 0.691. The Kier molecular flexibility index (Phi) is 5.88. The molecule has 2 heterocycles. The number of thioether (sulfide) groups is 1. The van der Waals surface area contributed by atoms with Crippen LogP contribution in [0.15, 0.2) is 12.4 Å². The Morgan fingerprint density at radius 3 is 2.86 bits per heavy atom. The molecule has 1 aromatic heterocycles. The van der Waals surface area contributed by atoms with Crippen LogP contribution in [0.4, 0.5) is 10.5 Å². The maximum Gasteiger partial charge on any atom is 0.325 e. The van der Waals surface area contributed by atoms with E-state index in [-0.39, 0.29) is 12.6 Å². The Morgan fingerprint density at radius 1 is 1.38 bits per heavy atom. The number of nitrogens with one attached hydrogen (secondary N) is 2. The number of urea groups is 1. The number of carbonyl (C=O) groups excluding carboxylic acids is 1. The molecule has 1 saturated heterocycles. The highest BCUT2D eigenvalue weighted by Gasteiger charge is 2.10. The van der Waals surface area contributed by atoms with Gasteiger partial charge >= 0.3 is 12.0 Å². The summed E-state index contributed by atoms with van der Waals surface area (Å²) in [5.41, 5.74) is 0.475. The SMILES string of the molecule is O=C(O)Cn1cc(NC(=O)NCCN2CCSCC2)cn1. The smallest absolute Gasteiger partial charge is 0.325 e. The highest BCUT2D eigenvalue weighted by atomic mass is 32.2. The molecule has 0 spiro atoms. The van der Waals surface area contributed by atoms with Crippen molar-refractivity contribution in [2.75, 3.05) is 43.0 Å². The minimum Gasteiger partial charge on any atom is -0.480 e. The number of aromatic nitrogens is 2. The molecular formula is C12H19N5O3S. The lowest BCUT2D eigenvalue weighted by Crippen LogP contribution is -2.40. The standard InChI is InChI=1S/C12H19N5O3S/c18-11(19)9-17-8-10(7-14-17)15-12(20)13-1-2-16-3-5-21-6-4-16/h7-8H,1-6,9H2,(H,18,19)(H2,13,15,20). The molecule has 3 N–H and O–H groups in total. The number of hydrogen-bond acceptors (Lipinski definition) is 5. The Bertz CT molecular complexity index is 487. The van der Waals surface area contributed by atoms with Gasteiger partial charge in [0.15, 0.2) is 0 Å². The zero-order chi connectivity index (χ0) is 15.1. The lowest BCUT2D eigenvalue weighted by molar-refractivity contribution is -0.137. The number of rotatable bonds is 6. The van der Waals surface area contributed by atoms with Gasteiger partial charge in [0.05, 0.1) is 11.9 Å². The maximum absolute atomic E-state index is 11.7. The van der Waals surface area contributed by atoms with Crippen LogP contribution in [0.2, 0.25) is 0 Å². The Morgan fingerprint density at radius 2 is 2.14 bits per heavy atom. The second-order valence-electron chi connectivity index (χ2n) is 4.66. The second kappa shape index (κ2) is 7.89. The van der Waals surface area contributed by atoms with Gasteiger partial charge in [-0.05, 0) is 0 Å². The molecule has 0 bridgehead atoms. The Labute approximate surface area is 126 Å². The maximum atomic E-state index is 11.7. The number of amides is 2. The van der Waals surface area contributed by atoms with Crippen molar-refractivity contribution >= 4 is 29.4 Å². The molecule has 1 aromatic rings. The summed E-state index contributed by atoms with van der Waals surface area (Å²) in [6, 6.07) is -0.309. The molecule has 21 heavy (non-hydrogen) atoms. The van der Waals surface area contributed by atoms with Gasteiger partial charge in [-0.3, -0.25) is 14.4 Å². The molecule has 1 fully saturated rings. The monoisotopic (exact) mass is 313 g/mol. The van der Waals surface area contributed by atoms with Crippen LogP contribution in [-0.4, -0.2) is 69.5 Å². The van der Waals surface area contributed by atoms with Crippen molar-refractivity contribution in [2.24, 2.45) is 0 Å². The summed E-state index contributed by atoms with van der Waals surface area (Å²) in [5, 5.41) is 17.9. The highest BCUT2D eigenvalue weighted by Crippen LogP contribution is 2.08. The molecule has 9 heteroatoms. The van der Waals surface area contributed by atoms with Crippen LogP contribution in [0.1, 0.15) is 0 Å². The van der Waals surface area contributed by atoms with E-state index in [0.717, 1.165) is 31.1 Å². The molecule has 116 valence electrons. The van der Waals surface area contributed by atoms with Gasteiger partial charge in [-0.2, -0.15) is 16.9 Å². The first kappa shape index (κ1) is 15.6. The van der Waals surface area contributed by atoms with E-state index in [1.807, 2.05) is 11.8 Å². The van der Waals surface area contributed by atoms with Crippen molar-refractivity contribution in [2.45, 2.75) is 6.54 Å². The predicted molar refractivity (Wildman–Crippen MR) is 80.6 cm³/mol. The van der Waals surface area contributed by atoms with Crippen molar-refractivity contribution in [3.63, 3.8) is 0 Å². The molecule has 1 aliphatic rings. The van der Waals surface area contributed by atoms with E-state index in [4.69, 9.17) is 5.11 Å². The van der Waals surface area contributed by atoms with Gasteiger partial charge in [0, 0.05) is 43.9 Å². The molecule has 2 amide bonds. The van der Waals surface area contributed by atoms with Crippen LogP contribution in [0.25, 0.3) is 0 Å². The largest absolute Gasteiger partial charge is 0.480 e. The summed E-state index contributed by atoms with van der Waals surface area (Å²) in [4.78, 5) is 24.5. The van der Waals surface area contributed by atoms with Crippen LogP contribution in [0, 0.1) is 0 Å². The molecule has 0 saturated carbocycles. The van der Waals surface area contributed by atoms with Crippen molar-refractivity contribution in [3.8, 4) is 0 Å². The molecule has 0 aliphatic carbocycles. The van der Waals surface area contributed by atoms with Gasteiger partial charge in [-0.15, -0.1) is 0 Å². The van der Waals surface area contributed by atoms with E-state index < -0.39 is 5.97 Å². The molecular weight excluding hydrogens is 294 g/mol. The summed E-state index contributed by atoms with van der Waals surface area (Å²) in [5.74, 6) is 1.32. The fraction of sp³-hybridized carbons (Fsp3) is 0.583. The average molecular weight is 313 g/mol. The van der Waals surface area contributed by atoms with E-state index in [1.165, 1.54) is 17.1 Å². The second-order valence-corrected chi connectivity index (χ2v) is 5.88. The molecule has 1 aliphatic heterocycles. The molecule has 8 nitrogen and oxygen atoms in total. The molecule has 0 aromatic carbocycles. The third kappa shape index (κ3) is 5.64. The first-order valence-electron chi connectivity index (χ1n) is 6.72. The summed E-state index contributed by atoms with van der Waals surface area (Å²) in [6.45, 7) is 3.33.